The SMILES string of the molecule is O=C(CCc1nc2sc3c(c2c(=O)[nH]1)CCCCC3)Nc1cccc(Cl)c1. The van der Waals surface area contributed by atoms with Gasteiger partial charge in [-0.1, -0.05) is 24.1 Å². The van der Waals surface area contributed by atoms with E-state index in [0.29, 0.717) is 23.0 Å². The minimum absolute atomic E-state index is 0.0790. The van der Waals surface area contributed by atoms with E-state index in [2.05, 4.69) is 15.3 Å². The first kappa shape index (κ1) is 18.2. The van der Waals surface area contributed by atoms with E-state index in [1.807, 2.05) is 0 Å². The van der Waals surface area contributed by atoms with E-state index in [1.54, 1.807) is 35.6 Å². The van der Waals surface area contributed by atoms with Crippen molar-refractivity contribution in [3.63, 3.8) is 0 Å². The van der Waals surface area contributed by atoms with E-state index in [1.165, 1.54) is 23.3 Å². The van der Waals surface area contributed by atoms with Crippen LogP contribution in [-0.4, -0.2) is 15.9 Å². The zero-order valence-electron chi connectivity index (χ0n) is 14.8. The first-order valence-corrected chi connectivity index (χ1v) is 10.4. The molecule has 0 bridgehead atoms. The van der Waals surface area contributed by atoms with Gasteiger partial charge in [0.05, 0.1) is 5.39 Å². The topological polar surface area (TPSA) is 74.8 Å². The number of aryl methyl sites for hydroxylation is 3. The molecule has 1 aliphatic rings. The third kappa shape index (κ3) is 4.06. The Labute approximate surface area is 165 Å². The lowest BCUT2D eigenvalue weighted by molar-refractivity contribution is -0.116. The van der Waals surface area contributed by atoms with Crippen molar-refractivity contribution in [1.82, 2.24) is 9.97 Å². The van der Waals surface area contributed by atoms with Crippen molar-refractivity contribution >= 4 is 44.7 Å². The third-order valence-corrected chi connectivity index (χ3v) is 6.24. The van der Waals surface area contributed by atoms with E-state index in [4.69, 9.17) is 11.6 Å². The van der Waals surface area contributed by atoms with Crippen LogP contribution in [-0.2, 0) is 24.1 Å². The molecule has 0 saturated carbocycles. The van der Waals surface area contributed by atoms with Crippen molar-refractivity contribution in [2.24, 2.45) is 0 Å². The number of aromatic nitrogens is 2. The molecule has 0 atom stereocenters. The Bertz CT molecular complexity index is 1060. The fourth-order valence-electron chi connectivity index (χ4n) is 3.53. The van der Waals surface area contributed by atoms with Gasteiger partial charge < -0.3 is 10.3 Å². The summed E-state index contributed by atoms with van der Waals surface area (Å²) < 4.78 is 0. The molecule has 0 saturated heterocycles. The number of benzene rings is 1. The molecule has 2 N–H and O–H groups in total. The van der Waals surface area contributed by atoms with Crippen LogP contribution in [0.3, 0.4) is 0 Å². The van der Waals surface area contributed by atoms with Gasteiger partial charge in [-0.2, -0.15) is 0 Å². The smallest absolute Gasteiger partial charge is 0.259 e. The van der Waals surface area contributed by atoms with Gasteiger partial charge in [0.2, 0.25) is 5.91 Å². The van der Waals surface area contributed by atoms with E-state index in [9.17, 15) is 9.59 Å². The van der Waals surface area contributed by atoms with Gasteiger partial charge in [0.25, 0.3) is 5.56 Å². The van der Waals surface area contributed by atoms with E-state index < -0.39 is 0 Å². The number of fused-ring (bicyclic) bond motifs is 3. The number of H-pyrrole nitrogens is 1. The number of hydrogen-bond acceptors (Lipinski definition) is 4. The number of aromatic amines is 1. The summed E-state index contributed by atoms with van der Waals surface area (Å²) >= 11 is 7.56. The van der Waals surface area contributed by atoms with Gasteiger partial charge in [-0.15, -0.1) is 11.3 Å². The summed E-state index contributed by atoms with van der Waals surface area (Å²) in [6.45, 7) is 0. The number of hydrogen-bond donors (Lipinski definition) is 2. The molecule has 2 heterocycles. The van der Waals surface area contributed by atoms with Crippen LogP contribution in [0.15, 0.2) is 29.1 Å². The Kier molecular flexibility index (Phi) is 5.27. The highest BCUT2D eigenvalue weighted by Gasteiger charge is 2.19. The van der Waals surface area contributed by atoms with Gasteiger partial charge in [0, 0.05) is 28.4 Å². The molecule has 2 aromatic heterocycles. The lowest BCUT2D eigenvalue weighted by Crippen LogP contribution is -2.16. The predicted molar refractivity (Wildman–Crippen MR) is 110 cm³/mol. The molecule has 0 unspecified atom stereocenters. The molecule has 0 fully saturated rings. The van der Waals surface area contributed by atoms with Crippen LogP contribution in [0, 0.1) is 0 Å². The van der Waals surface area contributed by atoms with Crippen molar-refractivity contribution in [3.05, 3.63) is 55.9 Å². The van der Waals surface area contributed by atoms with Crippen LogP contribution in [0.2, 0.25) is 5.02 Å². The molecule has 7 heteroatoms. The van der Waals surface area contributed by atoms with Crippen LogP contribution in [0.5, 0.6) is 0 Å². The Morgan fingerprint density at radius 1 is 1.26 bits per heavy atom. The molecular formula is C20H20ClN3O2S. The molecule has 0 aliphatic heterocycles. The first-order valence-electron chi connectivity index (χ1n) is 9.19. The van der Waals surface area contributed by atoms with Crippen molar-refractivity contribution in [2.45, 2.75) is 44.9 Å². The summed E-state index contributed by atoms with van der Waals surface area (Å²) in [7, 11) is 0. The first-order chi connectivity index (χ1) is 13.1. The van der Waals surface area contributed by atoms with Gasteiger partial charge in [-0.3, -0.25) is 9.59 Å². The minimum Gasteiger partial charge on any atom is -0.326 e. The van der Waals surface area contributed by atoms with E-state index in [0.717, 1.165) is 29.5 Å². The van der Waals surface area contributed by atoms with Gasteiger partial charge in [0.1, 0.15) is 10.7 Å². The normalized spacial score (nSPS) is 14.0. The van der Waals surface area contributed by atoms with Gasteiger partial charge in [-0.25, -0.2) is 4.98 Å². The Morgan fingerprint density at radius 3 is 2.96 bits per heavy atom. The predicted octanol–water partition coefficient (Wildman–Crippen LogP) is 4.48. The second kappa shape index (κ2) is 7.82. The Hall–Kier alpha value is -2.18. The number of halogens is 1. The van der Waals surface area contributed by atoms with Crippen molar-refractivity contribution in [3.8, 4) is 0 Å². The van der Waals surface area contributed by atoms with Crippen LogP contribution in [0.4, 0.5) is 5.69 Å². The van der Waals surface area contributed by atoms with E-state index >= 15 is 0 Å². The number of rotatable bonds is 4. The molecule has 4 rings (SSSR count). The maximum absolute atomic E-state index is 12.6. The van der Waals surface area contributed by atoms with Crippen LogP contribution < -0.4 is 10.9 Å². The van der Waals surface area contributed by atoms with Gasteiger partial charge in [0.15, 0.2) is 0 Å². The maximum Gasteiger partial charge on any atom is 0.259 e. The van der Waals surface area contributed by atoms with Gasteiger partial charge >= 0.3 is 0 Å². The molecule has 0 spiro atoms. The molecular weight excluding hydrogens is 382 g/mol. The van der Waals surface area contributed by atoms with Crippen LogP contribution in [0.25, 0.3) is 10.2 Å². The highest BCUT2D eigenvalue weighted by molar-refractivity contribution is 7.18. The lowest BCUT2D eigenvalue weighted by Gasteiger charge is -2.05. The third-order valence-electron chi connectivity index (χ3n) is 4.82. The van der Waals surface area contributed by atoms with Crippen molar-refractivity contribution in [2.75, 3.05) is 5.32 Å². The fraction of sp³-hybridized carbons (Fsp3) is 0.350. The van der Waals surface area contributed by atoms with Crippen LogP contribution in [0.1, 0.15) is 41.9 Å². The maximum atomic E-state index is 12.6. The highest BCUT2D eigenvalue weighted by atomic mass is 35.5. The fourth-order valence-corrected chi connectivity index (χ4v) is 5.00. The zero-order valence-corrected chi connectivity index (χ0v) is 16.4. The summed E-state index contributed by atoms with van der Waals surface area (Å²) in [5.74, 6) is 0.423. The molecule has 1 aromatic carbocycles. The number of carbonyl (C=O) groups excluding carboxylic acids is 1. The molecule has 1 aliphatic carbocycles. The molecule has 0 radical (unpaired) electrons. The lowest BCUT2D eigenvalue weighted by atomic mass is 10.1. The van der Waals surface area contributed by atoms with E-state index in [-0.39, 0.29) is 17.9 Å². The summed E-state index contributed by atoms with van der Waals surface area (Å²) in [5, 5.41) is 4.14. The number of nitrogens with zero attached hydrogens (tertiary/aromatic N) is 1. The summed E-state index contributed by atoms with van der Waals surface area (Å²) in [5.41, 5.74) is 1.77. The summed E-state index contributed by atoms with van der Waals surface area (Å²) in [4.78, 5) is 34.4. The quantitative estimate of drug-likeness (QED) is 0.633. The summed E-state index contributed by atoms with van der Waals surface area (Å²) in [6, 6.07) is 7.02. The second-order valence-electron chi connectivity index (χ2n) is 6.82. The number of amides is 1. The number of nitrogens with one attached hydrogen (secondary N) is 2. The second-order valence-corrected chi connectivity index (χ2v) is 8.34. The van der Waals surface area contributed by atoms with Gasteiger partial charge in [-0.05, 0) is 49.4 Å². The Balaban J connectivity index is 1.49. The van der Waals surface area contributed by atoms with Crippen LogP contribution >= 0.6 is 22.9 Å². The molecule has 3 aromatic rings. The number of thiophene rings is 1. The number of carbonyl (C=O) groups is 1. The standard InChI is InChI=1S/C20H20ClN3O2S/c21-12-5-4-6-13(11-12)22-17(25)10-9-16-23-19(26)18-14-7-2-1-3-8-15(14)27-20(18)24-16/h4-6,11H,1-3,7-10H2,(H,22,25)(H,23,24,26). The number of anilines is 1. The molecule has 5 nitrogen and oxygen atoms in total. The van der Waals surface area contributed by atoms with Crippen molar-refractivity contribution in [1.29, 1.82) is 0 Å². The largest absolute Gasteiger partial charge is 0.326 e. The monoisotopic (exact) mass is 401 g/mol. The average Bonchev–Trinajstić information content (AvgIpc) is 2.82. The molecule has 1 amide bonds. The zero-order chi connectivity index (χ0) is 18.8. The molecule has 27 heavy (non-hydrogen) atoms. The van der Waals surface area contributed by atoms with Crippen molar-refractivity contribution < 1.29 is 4.79 Å². The summed E-state index contributed by atoms with van der Waals surface area (Å²) in [6.07, 6.45) is 6.15. The Morgan fingerprint density at radius 2 is 2.11 bits per heavy atom. The minimum atomic E-state index is -0.137. The highest BCUT2D eigenvalue weighted by Crippen LogP contribution is 2.32. The average molecular weight is 402 g/mol. The molecule has 140 valence electrons.